The first kappa shape index (κ1) is 11.8. The molecule has 0 spiro atoms. The largest absolute Gasteiger partial charge is 0.469 e. The highest BCUT2D eigenvalue weighted by molar-refractivity contribution is 5.80. The number of methoxy groups -OCH3 is 1. The van der Waals surface area contributed by atoms with Gasteiger partial charge >= 0.3 is 5.97 Å². The Morgan fingerprint density at radius 2 is 2.07 bits per heavy atom. The second-order valence-electron chi connectivity index (χ2n) is 3.58. The lowest BCUT2D eigenvalue weighted by atomic mass is 9.97. The second kappa shape index (κ2) is 5.58. The number of nitrogens with one attached hydrogen (secondary N) is 1. The summed E-state index contributed by atoms with van der Waals surface area (Å²) in [5.74, 6) is 0.855. The Kier molecular flexibility index (Phi) is 4.39. The van der Waals surface area contributed by atoms with E-state index in [0.717, 1.165) is 31.9 Å². The molecule has 0 aromatic rings. The standard InChI is InChI=1S/C10H19N3O2/c1-11-10(12-2)13-6-4-8(5-7-13)9(14)15-3/h8H,4-7H2,1-3H3,(H,11,12). The van der Waals surface area contributed by atoms with Crippen molar-refractivity contribution >= 4 is 11.9 Å². The molecule has 0 amide bonds. The maximum atomic E-state index is 11.3. The minimum atomic E-state index is -0.0888. The first-order chi connectivity index (χ1) is 7.22. The van der Waals surface area contributed by atoms with E-state index in [-0.39, 0.29) is 11.9 Å². The number of hydrogen-bond donors (Lipinski definition) is 1. The van der Waals surface area contributed by atoms with E-state index >= 15 is 0 Å². The molecule has 0 aliphatic carbocycles. The van der Waals surface area contributed by atoms with Crippen molar-refractivity contribution in [1.82, 2.24) is 10.2 Å². The molecule has 1 aliphatic rings. The number of piperidine rings is 1. The van der Waals surface area contributed by atoms with Crippen molar-refractivity contribution in [1.29, 1.82) is 0 Å². The van der Waals surface area contributed by atoms with E-state index in [1.54, 1.807) is 7.05 Å². The zero-order valence-electron chi connectivity index (χ0n) is 9.62. The molecular weight excluding hydrogens is 194 g/mol. The number of aliphatic imine (C=N–C) groups is 1. The number of carbonyl (C=O) groups excluding carboxylic acids is 1. The minimum absolute atomic E-state index is 0.0567. The maximum Gasteiger partial charge on any atom is 0.308 e. The monoisotopic (exact) mass is 213 g/mol. The van der Waals surface area contributed by atoms with Crippen LogP contribution in [0.5, 0.6) is 0 Å². The van der Waals surface area contributed by atoms with Crippen LogP contribution in [0.25, 0.3) is 0 Å². The molecule has 0 aromatic carbocycles. The number of esters is 1. The Hall–Kier alpha value is -1.26. The molecule has 1 fully saturated rings. The molecule has 0 saturated carbocycles. The van der Waals surface area contributed by atoms with Gasteiger partial charge in [0.2, 0.25) is 0 Å². The van der Waals surface area contributed by atoms with E-state index < -0.39 is 0 Å². The van der Waals surface area contributed by atoms with Gasteiger partial charge in [-0.2, -0.15) is 0 Å². The first-order valence-electron chi connectivity index (χ1n) is 5.20. The quantitative estimate of drug-likeness (QED) is 0.381. The van der Waals surface area contributed by atoms with Gasteiger partial charge in [0, 0.05) is 27.2 Å². The predicted molar refractivity (Wildman–Crippen MR) is 58.7 cm³/mol. The van der Waals surface area contributed by atoms with Crippen LogP contribution in [0, 0.1) is 5.92 Å². The fraction of sp³-hybridized carbons (Fsp3) is 0.800. The van der Waals surface area contributed by atoms with Gasteiger partial charge in [-0.1, -0.05) is 0 Å². The Bertz CT molecular complexity index is 245. The molecule has 0 radical (unpaired) electrons. The number of guanidine groups is 1. The molecule has 0 atom stereocenters. The lowest BCUT2D eigenvalue weighted by Gasteiger charge is -2.32. The van der Waals surface area contributed by atoms with Crippen molar-refractivity contribution in [2.45, 2.75) is 12.8 Å². The van der Waals surface area contributed by atoms with Crippen LogP contribution < -0.4 is 5.32 Å². The molecule has 15 heavy (non-hydrogen) atoms. The molecule has 5 nitrogen and oxygen atoms in total. The highest BCUT2D eigenvalue weighted by Gasteiger charge is 2.26. The molecule has 1 saturated heterocycles. The van der Waals surface area contributed by atoms with E-state index in [1.807, 2.05) is 7.05 Å². The SMILES string of the molecule is CN=C(NC)N1CCC(C(=O)OC)CC1. The number of rotatable bonds is 1. The van der Waals surface area contributed by atoms with Gasteiger partial charge in [-0.15, -0.1) is 0 Å². The molecule has 1 aliphatic heterocycles. The Labute approximate surface area is 90.5 Å². The molecule has 1 rings (SSSR count). The zero-order chi connectivity index (χ0) is 11.3. The average Bonchev–Trinajstić information content (AvgIpc) is 2.30. The molecule has 0 unspecified atom stereocenters. The average molecular weight is 213 g/mol. The van der Waals surface area contributed by atoms with E-state index in [0.29, 0.717) is 0 Å². The smallest absolute Gasteiger partial charge is 0.308 e. The fourth-order valence-corrected chi connectivity index (χ4v) is 1.90. The van der Waals surface area contributed by atoms with Crippen molar-refractivity contribution in [2.24, 2.45) is 10.9 Å². The Morgan fingerprint density at radius 1 is 1.47 bits per heavy atom. The summed E-state index contributed by atoms with van der Waals surface area (Å²) >= 11 is 0. The maximum absolute atomic E-state index is 11.3. The van der Waals surface area contributed by atoms with E-state index in [2.05, 4.69) is 15.2 Å². The summed E-state index contributed by atoms with van der Waals surface area (Å²) in [5.41, 5.74) is 0. The number of ether oxygens (including phenoxy) is 1. The molecular formula is C10H19N3O2. The summed E-state index contributed by atoms with van der Waals surface area (Å²) in [6, 6.07) is 0. The summed E-state index contributed by atoms with van der Waals surface area (Å²) in [7, 11) is 5.06. The Balaban J connectivity index is 2.45. The van der Waals surface area contributed by atoms with E-state index in [1.165, 1.54) is 7.11 Å². The van der Waals surface area contributed by atoms with Crippen molar-refractivity contribution in [2.75, 3.05) is 34.3 Å². The molecule has 0 aromatic heterocycles. The van der Waals surface area contributed by atoms with Gasteiger partial charge in [-0.25, -0.2) is 0 Å². The highest BCUT2D eigenvalue weighted by Crippen LogP contribution is 2.18. The van der Waals surface area contributed by atoms with E-state index in [9.17, 15) is 4.79 Å². The van der Waals surface area contributed by atoms with Crippen LogP contribution in [0.1, 0.15) is 12.8 Å². The van der Waals surface area contributed by atoms with Crippen LogP contribution in [-0.2, 0) is 9.53 Å². The van der Waals surface area contributed by atoms with Crippen LogP contribution >= 0.6 is 0 Å². The number of nitrogens with zero attached hydrogens (tertiary/aromatic N) is 2. The molecule has 1 heterocycles. The number of hydrogen-bond acceptors (Lipinski definition) is 3. The van der Waals surface area contributed by atoms with Crippen LogP contribution in [0.2, 0.25) is 0 Å². The molecule has 1 N–H and O–H groups in total. The summed E-state index contributed by atoms with van der Waals surface area (Å²) < 4.78 is 4.73. The minimum Gasteiger partial charge on any atom is -0.469 e. The van der Waals surface area contributed by atoms with Crippen LogP contribution in [0.15, 0.2) is 4.99 Å². The number of carbonyl (C=O) groups is 1. The zero-order valence-corrected chi connectivity index (χ0v) is 9.62. The number of likely N-dealkylation sites (tertiary alicyclic amines) is 1. The van der Waals surface area contributed by atoms with Gasteiger partial charge in [0.15, 0.2) is 5.96 Å². The summed E-state index contributed by atoms with van der Waals surface area (Å²) in [6.07, 6.45) is 1.68. The molecule has 86 valence electrons. The summed E-state index contributed by atoms with van der Waals surface area (Å²) in [6.45, 7) is 1.71. The van der Waals surface area contributed by atoms with Gasteiger partial charge in [0.1, 0.15) is 0 Å². The van der Waals surface area contributed by atoms with Crippen LogP contribution in [0.3, 0.4) is 0 Å². The summed E-state index contributed by atoms with van der Waals surface area (Å²) in [4.78, 5) is 17.6. The van der Waals surface area contributed by atoms with Gasteiger partial charge in [0.25, 0.3) is 0 Å². The van der Waals surface area contributed by atoms with Crippen molar-refractivity contribution in [3.05, 3.63) is 0 Å². The topological polar surface area (TPSA) is 53.9 Å². The van der Waals surface area contributed by atoms with Gasteiger partial charge in [0.05, 0.1) is 13.0 Å². The predicted octanol–water partition coefficient (Wildman–Crippen LogP) is 0.0766. The fourth-order valence-electron chi connectivity index (χ4n) is 1.90. The van der Waals surface area contributed by atoms with Crippen LogP contribution in [-0.4, -0.2) is 51.1 Å². The molecule has 5 heteroatoms. The lowest BCUT2D eigenvalue weighted by Crippen LogP contribution is -2.45. The van der Waals surface area contributed by atoms with Crippen LogP contribution in [0.4, 0.5) is 0 Å². The lowest BCUT2D eigenvalue weighted by molar-refractivity contribution is -0.146. The van der Waals surface area contributed by atoms with E-state index in [4.69, 9.17) is 4.74 Å². The third kappa shape index (κ3) is 2.84. The van der Waals surface area contributed by atoms with Gasteiger partial charge < -0.3 is 15.0 Å². The molecule has 0 bridgehead atoms. The highest BCUT2D eigenvalue weighted by atomic mass is 16.5. The van der Waals surface area contributed by atoms with Crippen molar-refractivity contribution in [3.8, 4) is 0 Å². The second-order valence-corrected chi connectivity index (χ2v) is 3.58. The summed E-state index contributed by atoms with van der Waals surface area (Å²) in [5, 5.41) is 3.04. The van der Waals surface area contributed by atoms with Crippen molar-refractivity contribution in [3.63, 3.8) is 0 Å². The van der Waals surface area contributed by atoms with Gasteiger partial charge in [-0.05, 0) is 12.8 Å². The van der Waals surface area contributed by atoms with Gasteiger partial charge in [-0.3, -0.25) is 9.79 Å². The first-order valence-corrected chi connectivity index (χ1v) is 5.20. The third-order valence-corrected chi connectivity index (χ3v) is 2.76. The third-order valence-electron chi connectivity index (χ3n) is 2.76. The van der Waals surface area contributed by atoms with Crippen molar-refractivity contribution < 1.29 is 9.53 Å². The normalized spacial score (nSPS) is 18.9. The Morgan fingerprint density at radius 3 is 2.47 bits per heavy atom.